The summed E-state index contributed by atoms with van der Waals surface area (Å²) in [6.07, 6.45) is 3.67. The zero-order chi connectivity index (χ0) is 11.5. The van der Waals surface area contributed by atoms with Crippen molar-refractivity contribution in [3.05, 3.63) is 24.0 Å². The van der Waals surface area contributed by atoms with E-state index in [1.807, 2.05) is 39.2 Å². The van der Waals surface area contributed by atoms with Crippen LogP contribution in [-0.4, -0.2) is 16.9 Å². The Morgan fingerprint density at radius 2 is 2.27 bits per heavy atom. The average Bonchev–Trinajstić information content (AvgIpc) is 2.63. The molecule has 0 aromatic carbocycles. The maximum Gasteiger partial charge on any atom is 0.237 e. The molecule has 0 radical (unpaired) electrons. The molecule has 4 heteroatoms. The Balaban J connectivity index is 2.43. The summed E-state index contributed by atoms with van der Waals surface area (Å²) in [7, 11) is 0. The number of carbonyl (C=O) groups excluding carboxylic acids is 1. The first-order valence-electron chi connectivity index (χ1n) is 5.06. The third-order valence-electron chi connectivity index (χ3n) is 2.34. The molecule has 4 nitrogen and oxygen atoms in total. The van der Waals surface area contributed by atoms with Gasteiger partial charge in [-0.15, -0.1) is 0 Å². The summed E-state index contributed by atoms with van der Waals surface area (Å²) in [5.74, 6) is -0.108. The van der Waals surface area contributed by atoms with Crippen LogP contribution in [0.1, 0.15) is 26.3 Å². The number of aromatic amines is 1. The van der Waals surface area contributed by atoms with E-state index in [9.17, 15) is 4.79 Å². The number of hydrogen-bond donors (Lipinski definition) is 3. The quantitative estimate of drug-likeness (QED) is 0.695. The Labute approximate surface area is 90.2 Å². The zero-order valence-electron chi connectivity index (χ0n) is 9.50. The maximum atomic E-state index is 11.6. The molecule has 0 aliphatic heterocycles. The van der Waals surface area contributed by atoms with E-state index < -0.39 is 6.04 Å². The molecule has 1 aromatic rings. The number of rotatable bonds is 3. The van der Waals surface area contributed by atoms with Gasteiger partial charge in [0.2, 0.25) is 5.91 Å². The lowest BCUT2D eigenvalue weighted by Crippen LogP contribution is -2.48. The molecule has 0 aliphatic rings. The van der Waals surface area contributed by atoms with Gasteiger partial charge in [0.15, 0.2) is 0 Å². The molecule has 0 saturated carbocycles. The van der Waals surface area contributed by atoms with E-state index in [4.69, 9.17) is 5.73 Å². The fourth-order valence-electron chi connectivity index (χ4n) is 1.16. The molecule has 1 heterocycles. The summed E-state index contributed by atoms with van der Waals surface area (Å²) in [6, 6.07) is 1.44. The highest BCUT2D eigenvalue weighted by Crippen LogP contribution is 2.17. The van der Waals surface area contributed by atoms with E-state index >= 15 is 0 Å². The molecule has 84 valence electrons. The van der Waals surface area contributed by atoms with Gasteiger partial charge < -0.3 is 16.0 Å². The maximum absolute atomic E-state index is 11.6. The third kappa shape index (κ3) is 3.40. The Kier molecular flexibility index (Phi) is 3.52. The molecular formula is C11H19N3O. The molecule has 1 atom stereocenters. The molecule has 1 amide bonds. The number of H-pyrrole nitrogens is 1. The van der Waals surface area contributed by atoms with Gasteiger partial charge in [0.05, 0.1) is 6.04 Å². The van der Waals surface area contributed by atoms with Crippen LogP contribution in [0.4, 0.5) is 0 Å². The molecule has 0 fully saturated rings. The SMILES string of the molecule is CC(C)(C)[C@@H](N)C(=O)NCc1cc[nH]c1. The highest BCUT2D eigenvalue weighted by Gasteiger charge is 2.26. The minimum Gasteiger partial charge on any atom is -0.367 e. The van der Waals surface area contributed by atoms with Gasteiger partial charge in [0, 0.05) is 18.9 Å². The van der Waals surface area contributed by atoms with Gasteiger partial charge in [-0.1, -0.05) is 20.8 Å². The second-order valence-electron chi connectivity index (χ2n) is 4.78. The van der Waals surface area contributed by atoms with Crippen molar-refractivity contribution in [1.29, 1.82) is 0 Å². The van der Waals surface area contributed by atoms with E-state index in [0.29, 0.717) is 6.54 Å². The molecule has 0 aliphatic carbocycles. The van der Waals surface area contributed by atoms with E-state index in [0.717, 1.165) is 5.56 Å². The highest BCUT2D eigenvalue weighted by molar-refractivity contribution is 5.82. The number of carbonyl (C=O) groups is 1. The lowest BCUT2D eigenvalue weighted by Gasteiger charge is -2.25. The zero-order valence-corrected chi connectivity index (χ0v) is 9.50. The smallest absolute Gasteiger partial charge is 0.237 e. The van der Waals surface area contributed by atoms with Crippen LogP contribution < -0.4 is 11.1 Å². The molecule has 0 spiro atoms. The van der Waals surface area contributed by atoms with E-state index in [1.165, 1.54) is 0 Å². The van der Waals surface area contributed by atoms with Gasteiger partial charge in [-0.05, 0) is 17.0 Å². The monoisotopic (exact) mass is 209 g/mol. The van der Waals surface area contributed by atoms with Gasteiger partial charge in [-0.25, -0.2) is 0 Å². The third-order valence-corrected chi connectivity index (χ3v) is 2.34. The molecule has 15 heavy (non-hydrogen) atoms. The normalized spacial score (nSPS) is 13.6. The Morgan fingerprint density at radius 3 is 2.73 bits per heavy atom. The van der Waals surface area contributed by atoms with Gasteiger partial charge >= 0.3 is 0 Å². The van der Waals surface area contributed by atoms with Gasteiger partial charge in [0.1, 0.15) is 0 Å². The topological polar surface area (TPSA) is 70.9 Å². The summed E-state index contributed by atoms with van der Waals surface area (Å²) in [5.41, 5.74) is 6.65. The van der Waals surface area contributed by atoms with Crippen molar-refractivity contribution in [2.45, 2.75) is 33.4 Å². The van der Waals surface area contributed by atoms with Crippen LogP contribution in [0.3, 0.4) is 0 Å². The predicted octanol–water partition coefficient (Wildman–Crippen LogP) is 1.00. The first kappa shape index (κ1) is 11.8. The predicted molar refractivity (Wildman–Crippen MR) is 60.1 cm³/mol. The molecule has 0 bridgehead atoms. The second-order valence-corrected chi connectivity index (χ2v) is 4.78. The van der Waals surface area contributed by atoms with Crippen molar-refractivity contribution in [1.82, 2.24) is 10.3 Å². The van der Waals surface area contributed by atoms with Gasteiger partial charge in [0.25, 0.3) is 0 Å². The lowest BCUT2D eigenvalue weighted by molar-refractivity contribution is -0.124. The van der Waals surface area contributed by atoms with Crippen molar-refractivity contribution in [3.8, 4) is 0 Å². The van der Waals surface area contributed by atoms with Crippen molar-refractivity contribution in [2.75, 3.05) is 0 Å². The van der Waals surface area contributed by atoms with Crippen molar-refractivity contribution >= 4 is 5.91 Å². The minimum atomic E-state index is -0.476. The fourth-order valence-corrected chi connectivity index (χ4v) is 1.16. The van der Waals surface area contributed by atoms with Crippen LogP contribution in [0, 0.1) is 5.41 Å². The largest absolute Gasteiger partial charge is 0.367 e. The number of nitrogens with one attached hydrogen (secondary N) is 2. The van der Waals surface area contributed by atoms with E-state index in [2.05, 4.69) is 10.3 Å². The molecular weight excluding hydrogens is 190 g/mol. The number of aromatic nitrogens is 1. The van der Waals surface area contributed by atoms with Gasteiger partial charge in [-0.3, -0.25) is 4.79 Å². The van der Waals surface area contributed by atoms with Crippen LogP contribution in [-0.2, 0) is 11.3 Å². The number of amides is 1. The minimum absolute atomic E-state index is 0.108. The number of hydrogen-bond acceptors (Lipinski definition) is 2. The van der Waals surface area contributed by atoms with Gasteiger partial charge in [-0.2, -0.15) is 0 Å². The van der Waals surface area contributed by atoms with Crippen LogP contribution >= 0.6 is 0 Å². The lowest BCUT2D eigenvalue weighted by atomic mass is 9.87. The Bertz CT molecular complexity index is 311. The molecule has 0 saturated heterocycles. The van der Waals surface area contributed by atoms with Crippen molar-refractivity contribution < 1.29 is 4.79 Å². The average molecular weight is 209 g/mol. The molecule has 1 rings (SSSR count). The summed E-state index contributed by atoms with van der Waals surface area (Å²) >= 11 is 0. The van der Waals surface area contributed by atoms with Crippen LogP contribution in [0.2, 0.25) is 0 Å². The van der Waals surface area contributed by atoms with E-state index in [1.54, 1.807) is 0 Å². The summed E-state index contributed by atoms with van der Waals surface area (Å²) in [5, 5.41) is 2.81. The summed E-state index contributed by atoms with van der Waals surface area (Å²) < 4.78 is 0. The second kappa shape index (κ2) is 4.49. The standard InChI is InChI=1S/C11H19N3O/c1-11(2,3)9(12)10(15)14-7-8-4-5-13-6-8/h4-6,9,13H,7,12H2,1-3H3,(H,14,15)/t9-/m0/s1. The van der Waals surface area contributed by atoms with Crippen LogP contribution in [0.25, 0.3) is 0 Å². The Hall–Kier alpha value is -1.29. The van der Waals surface area contributed by atoms with E-state index in [-0.39, 0.29) is 11.3 Å². The van der Waals surface area contributed by atoms with Crippen molar-refractivity contribution in [3.63, 3.8) is 0 Å². The first-order chi connectivity index (χ1) is 6.91. The van der Waals surface area contributed by atoms with Crippen molar-refractivity contribution in [2.24, 2.45) is 11.1 Å². The summed E-state index contributed by atoms with van der Waals surface area (Å²) in [6.45, 7) is 6.38. The Morgan fingerprint density at radius 1 is 1.60 bits per heavy atom. The summed E-state index contributed by atoms with van der Waals surface area (Å²) in [4.78, 5) is 14.6. The molecule has 4 N–H and O–H groups in total. The molecule has 1 aromatic heterocycles. The first-order valence-corrected chi connectivity index (χ1v) is 5.06. The van der Waals surface area contributed by atoms with Crippen LogP contribution in [0.5, 0.6) is 0 Å². The fraction of sp³-hybridized carbons (Fsp3) is 0.545. The highest BCUT2D eigenvalue weighted by atomic mass is 16.2. The number of nitrogens with two attached hydrogens (primary N) is 1. The molecule has 0 unspecified atom stereocenters. The van der Waals surface area contributed by atoms with Crippen LogP contribution in [0.15, 0.2) is 18.5 Å².